The Labute approximate surface area is 113 Å². The number of rotatable bonds is 8. The average molecular weight is 268 g/mol. The third-order valence-corrected chi connectivity index (χ3v) is 2.83. The summed E-state index contributed by atoms with van der Waals surface area (Å²) in [5.41, 5.74) is 1.02. The highest BCUT2D eigenvalue weighted by atomic mass is 19.1. The molecule has 0 spiro atoms. The monoisotopic (exact) mass is 268 g/mol. The highest BCUT2D eigenvalue weighted by Gasteiger charge is 2.07. The lowest BCUT2D eigenvalue weighted by Gasteiger charge is -2.17. The van der Waals surface area contributed by atoms with Gasteiger partial charge in [0.1, 0.15) is 5.82 Å². The van der Waals surface area contributed by atoms with E-state index in [0.717, 1.165) is 12.0 Å². The minimum atomic E-state index is -0.240. The van der Waals surface area contributed by atoms with Crippen LogP contribution in [0.1, 0.15) is 5.56 Å². The molecular formula is C14H21FN2O2. The van der Waals surface area contributed by atoms with Crippen molar-refractivity contribution in [1.82, 2.24) is 10.2 Å². The number of amides is 1. The number of likely N-dealkylation sites (N-methyl/N-ethyl adjacent to an activating group) is 1. The highest BCUT2D eigenvalue weighted by Crippen LogP contribution is 2.04. The van der Waals surface area contributed by atoms with Crippen molar-refractivity contribution in [3.63, 3.8) is 0 Å². The van der Waals surface area contributed by atoms with Crippen LogP contribution in [-0.4, -0.2) is 51.2 Å². The molecule has 0 bridgehead atoms. The van der Waals surface area contributed by atoms with Crippen LogP contribution in [0.4, 0.5) is 4.39 Å². The SMILES string of the molecule is COCCNCC(=O)N(C)CCc1ccc(F)cc1. The predicted octanol–water partition coefficient (Wildman–Crippen LogP) is 1.06. The lowest BCUT2D eigenvalue weighted by Crippen LogP contribution is -2.37. The minimum Gasteiger partial charge on any atom is -0.383 e. The Hall–Kier alpha value is -1.46. The molecule has 0 radical (unpaired) electrons. The normalized spacial score (nSPS) is 10.5. The second kappa shape index (κ2) is 8.61. The van der Waals surface area contributed by atoms with Crippen molar-refractivity contribution in [3.05, 3.63) is 35.6 Å². The van der Waals surface area contributed by atoms with Crippen molar-refractivity contribution >= 4 is 5.91 Å². The predicted molar refractivity (Wildman–Crippen MR) is 72.5 cm³/mol. The van der Waals surface area contributed by atoms with E-state index in [4.69, 9.17) is 4.74 Å². The minimum absolute atomic E-state index is 0.0400. The Bertz CT molecular complexity index is 382. The van der Waals surface area contributed by atoms with E-state index in [1.807, 2.05) is 0 Å². The zero-order valence-corrected chi connectivity index (χ0v) is 11.5. The van der Waals surface area contributed by atoms with Crippen LogP contribution in [0.25, 0.3) is 0 Å². The lowest BCUT2D eigenvalue weighted by molar-refractivity contribution is -0.128. The first-order valence-electron chi connectivity index (χ1n) is 6.31. The van der Waals surface area contributed by atoms with Gasteiger partial charge in [0.15, 0.2) is 0 Å². The zero-order valence-electron chi connectivity index (χ0n) is 11.5. The van der Waals surface area contributed by atoms with Crippen molar-refractivity contribution in [2.24, 2.45) is 0 Å². The summed E-state index contributed by atoms with van der Waals surface area (Å²) < 4.78 is 17.6. The van der Waals surface area contributed by atoms with E-state index in [1.54, 1.807) is 31.2 Å². The molecule has 19 heavy (non-hydrogen) atoms. The maximum absolute atomic E-state index is 12.7. The quantitative estimate of drug-likeness (QED) is 0.717. The van der Waals surface area contributed by atoms with Crippen LogP contribution >= 0.6 is 0 Å². The first-order valence-corrected chi connectivity index (χ1v) is 6.31. The van der Waals surface area contributed by atoms with Crippen LogP contribution in [0.5, 0.6) is 0 Å². The Morgan fingerprint density at radius 2 is 2.05 bits per heavy atom. The average Bonchev–Trinajstić information content (AvgIpc) is 2.42. The molecule has 0 aromatic heterocycles. The number of ether oxygens (including phenoxy) is 1. The molecule has 1 N–H and O–H groups in total. The van der Waals surface area contributed by atoms with E-state index < -0.39 is 0 Å². The van der Waals surface area contributed by atoms with Gasteiger partial charge in [-0.25, -0.2) is 4.39 Å². The van der Waals surface area contributed by atoms with Gasteiger partial charge in [-0.1, -0.05) is 12.1 Å². The summed E-state index contributed by atoms with van der Waals surface area (Å²) in [6, 6.07) is 6.35. The number of hydrogen-bond donors (Lipinski definition) is 1. The molecule has 0 heterocycles. The first kappa shape index (κ1) is 15.6. The van der Waals surface area contributed by atoms with Crippen LogP contribution in [0.15, 0.2) is 24.3 Å². The number of nitrogens with zero attached hydrogens (tertiary/aromatic N) is 1. The molecule has 0 saturated heterocycles. The Morgan fingerprint density at radius 3 is 2.68 bits per heavy atom. The Kier molecular flexibility index (Phi) is 7.07. The maximum Gasteiger partial charge on any atom is 0.236 e. The summed E-state index contributed by atoms with van der Waals surface area (Å²) in [6.07, 6.45) is 0.723. The molecular weight excluding hydrogens is 247 g/mol. The lowest BCUT2D eigenvalue weighted by atomic mass is 10.1. The molecule has 0 saturated carbocycles. The molecule has 0 fully saturated rings. The summed E-state index contributed by atoms with van der Waals surface area (Å²) in [6.45, 7) is 2.18. The van der Waals surface area contributed by atoms with E-state index in [1.165, 1.54) is 12.1 Å². The van der Waals surface area contributed by atoms with Crippen LogP contribution in [-0.2, 0) is 16.0 Å². The third-order valence-electron chi connectivity index (χ3n) is 2.83. The molecule has 0 aliphatic rings. The van der Waals surface area contributed by atoms with Gasteiger partial charge in [0.2, 0.25) is 5.91 Å². The van der Waals surface area contributed by atoms with Crippen molar-refractivity contribution < 1.29 is 13.9 Å². The smallest absolute Gasteiger partial charge is 0.236 e. The van der Waals surface area contributed by atoms with Gasteiger partial charge < -0.3 is 15.0 Å². The molecule has 1 aromatic carbocycles. The fourth-order valence-electron chi connectivity index (χ4n) is 1.58. The van der Waals surface area contributed by atoms with Crippen molar-refractivity contribution in [3.8, 4) is 0 Å². The van der Waals surface area contributed by atoms with Crippen LogP contribution in [0, 0.1) is 5.82 Å². The van der Waals surface area contributed by atoms with Crippen LogP contribution in [0.3, 0.4) is 0 Å². The second-order valence-corrected chi connectivity index (χ2v) is 4.36. The number of hydrogen-bond acceptors (Lipinski definition) is 3. The number of benzene rings is 1. The van der Waals surface area contributed by atoms with Gasteiger partial charge in [-0.05, 0) is 24.1 Å². The molecule has 1 rings (SSSR count). The Morgan fingerprint density at radius 1 is 1.37 bits per heavy atom. The number of methoxy groups -OCH3 is 1. The van der Waals surface area contributed by atoms with Crippen molar-refractivity contribution in [1.29, 1.82) is 0 Å². The maximum atomic E-state index is 12.7. The fraction of sp³-hybridized carbons (Fsp3) is 0.500. The van der Waals surface area contributed by atoms with Gasteiger partial charge in [0.25, 0.3) is 0 Å². The summed E-state index contributed by atoms with van der Waals surface area (Å²) in [7, 11) is 3.39. The molecule has 0 aliphatic carbocycles. The molecule has 0 aliphatic heterocycles. The third kappa shape index (κ3) is 6.31. The van der Waals surface area contributed by atoms with Crippen LogP contribution in [0.2, 0.25) is 0 Å². The van der Waals surface area contributed by atoms with Gasteiger partial charge in [-0.2, -0.15) is 0 Å². The largest absolute Gasteiger partial charge is 0.383 e. The van der Waals surface area contributed by atoms with Gasteiger partial charge in [-0.15, -0.1) is 0 Å². The molecule has 0 unspecified atom stereocenters. The van der Waals surface area contributed by atoms with E-state index >= 15 is 0 Å². The number of halogens is 1. The summed E-state index contributed by atoms with van der Waals surface area (Å²) in [4.78, 5) is 13.4. The van der Waals surface area contributed by atoms with Gasteiger partial charge >= 0.3 is 0 Å². The van der Waals surface area contributed by atoms with Crippen LogP contribution < -0.4 is 5.32 Å². The first-order chi connectivity index (χ1) is 9.13. The number of nitrogens with one attached hydrogen (secondary N) is 1. The van der Waals surface area contributed by atoms with Crippen molar-refractivity contribution in [2.45, 2.75) is 6.42 Å². The topological polar surface area (TPSA) is 41.6 Å². The molecule has 4 nitrogen and oxygen atoms in total. The van der Waals surface area contributed by atoms with E-state index in [-0.39, 0.29) is 11.7 Å². The number of carbonyl (C=O) groups excluding carboxylic acids is 1. The van der Waals surface area contributed by atoms with E-state index in [9.17, 15) is 9.18 Å². The molecule has 5 heteroatoms. The Balaban J connectivity index is 2.24. The fourth-order valence-corrected chi connectivity index (χ4v) is 1.58. The molecule has 0 atom stereocenters. The van der Waals surface area contributed by atoms with E-state index in [2.05, 4.69) is 5.32 Å². The molecule has 1 amide bonds. The van der Waals surface area contributed by atoms with Gasteiger partial charge in [-0.3, -0.25) is 4.79 Å². The molecule has 106 valence electrons. The van der Waals surface area contributed by atoms with Crippen molar-refractivity contribution in [2.75, 3.05) is 40.4 Å². The second-order valence-electron chi connectivity index (χ2n) is 4.36. The summed E-state index contributed by atoms with van der Waals surface area (Å²) in [5, 5.41) is 3.01. The van der Waals surface area contributed by atoms with E-state index in [0.29, 0.717) is 26.2 Å². The zero-order chi connectivity index (χ0) is 14.1. The summed E-state index contributed by atoms with van der Waals surface area (Å²) in [5.74, 6) is -0.200. The van der Waals surface area contributed by atoms with Gasteiger partial charge in [0, 0.05) is 27.2 Å². The standard InChI is InChI=1S/C14H21FN2O2/c1-17(14(18)11-16-8-10-19-2)9-7-12-3-5-13(15)6-4-12/h3-6,16H,7-11H2,1-2H3. The highest BCUT2D eigenvalue weighted by molar-refractivity contribution is 5.77. The summed E-state index contributed by atoms with van der Waals surface area (Å²) >= 11 is 0. The van der Waals surface area contributed by atoms with Gasteiger partial charge in [0.05, 0.1) is 13.2 Å². The molecule has 1 aromatic rings. The number of carbonyl (C=O) groups is 1.